The lowest BCUT2D eigenvalue weighted by Crippen LogP contribution is -2.29. The highest BCUT2D eigenvalue weighted by atomic mass is 32.2. The van der Waals surface area contributed by atoms with E-state index in [0.717, 1.165) is 29.3 Å². The first-order chi connectivity index (χ1) is 8.69. The van der Waals surface area contributed by atoms with Crippen molar-refractivity contribution in [1.82, 2.24) is 9.55 Å². The van der Waals surface area contributed by atoms with Crippen LogP contribution in [0.15, 0.2) is 17.2 Å². The molecule has 0 amide bonds. The Morgan fingerprint density at radius 1 is 1.61 bits per heavy atom. The number of fused-ring (bicyclic) bond motifs is 1. The van der Waals surface area contributed by atoms with Crippen molar-refractivity contribution in [2.45, 2.75) is 31.7 Å². The van der Waals surface area contributed by atoms with Gasteiger partial charge in [-0.15, -0.1) is 11.8 Å². The average molecular weight is 264 g/mol. The van der Waals surface area contributed by atoms with Crippen LogP contribution in [0.2, 0.25) is 0 Å². The van der Waals surface area contributed by atoms with Crippen LogP contribution in [-0.4, -0.2) is 27.7 Å². The molecule has 3 rings (SSSR count). The monoisotopic (exact) mass is 264 g/mol. The van der Waals surface area contributed by atoms with Crippen LogP contribution in [0, 0.1) is 12.8 Å². The second kappa shape index (κ2) is 4.55. The molecule has 0 bridgehead atoms. The van der Waals surface area contributed by atoms with Gasteiger partial charge in [0.25, 0.3) is 0 Å². The number of hydrogen-bond acceptors (Lipinski definition) is 4. The summed E-state index contributed by atoms with van der Waals surface area (Å²) in [6, 6.07) is 0. The predicted octanol–water partition coefficient (Wildman–Crippen LogP) is 2.10. The van der Waals surface area contributed by atoms with Crippen LogP contribution in [0.5, 0.6) is 0 Å². The quantitative estimate of drug-likeness (QED) is 0.767. The number of allylic oxidation sites excluding steroid dienone is 1. The molecule has 1 aromatic rings. The summed E-state index contributed by atoms with van der Waals surface area (Å²) in [6.07, 6.45) is 5.02. The van der Waals surface area contributed by atoms with Gasteiger partial charge in [0.15, 0.2) is 6.29 Å². The van der Waals surface area contributed by atoms with E-state index < -0.39 is 0 Å². The van der Waals surface area contributed by atoms with E-state index in [-0.39, 0.29) is 12.0 Å². The van der Waals surface area contributed by atoms with Crippen LogP contribution in [0.1, 0.15) is 24.5 Å². The minimum Gasteiger partial charge on any atom is -0.368 e. The van der Waals surface area contributed by atoms with Crippen LogP contribution >= 0.6 is 11.8 Å². The zero-order chi connectivity index (χ0) is 12.7. The number of carbonyl (C=O) groups excluding carboxylic acids is 1. The summed E-state index contributed by atoms with van der Waals surface area (Å²) in [5.74, 6) is 1.23. The van der Waals surface area contributed by atoms with Gasteiger partial charge in [0.2, 0.25) is 0 Å². The molecule has 3 atom stereocenters. The van der Waals surface area contributed by atoms with Crippen LogP contribution in [0.4, 0.5) is 0 Å². The summed E-state index contributed by atoms with van der Waals surface area (Å²) in [6.45, 7) is 5.72. The van der Waals surface area contributed by atoms with Crippen molar-refractivity contribution >= 4 is 18.0 Å². The largest absolute Gasteiger partial charge is 0.368 e. The second-order valence-corrected chi connectivity index (χ2v) is 6.26. The van der Waals surface area contributed by atoms with Crippen molar-refractivity contribution in [2.24, 2.45) is 5.92 Å². The van der Waals surface area contributed by atoms with Gasteiger partial charge in [-0.3, -0.25) is 4.79 Å². The summed E-state index contributed by atoms with van der Waals surface area (Å²) in [7, 11) is 0. The summed E-state index contributed by atoms with van der Waals surface area (Å²) in [4.78, 5) is 16.3. The molecule has 3 heterocycles. The van der Waals surface area contributed by atoms with Crippen LogP contribution in [0.3, 0.4) is 0 Å². The molecule has 96 valence electrons. The first-order valence-corrected chi connectivity index (χ1v) is 7.06. The molecule has 0 aliphatic carbocycles. The summed E-state index contributed by atoms with van der Waals surface area (Å²) >= 11 is 1.62. The first-order valence-electron chi connectivity index (χ1n) is 6.18. The third-order valence-corrected chi connectivity index (χ3v) is 4.69. The zero-order valence-electron chi connectivity index (χ0n) is 10.5. The Morgan fingerprint density at radius 3 is 3.17 bits per heavy atom. The third kappa shape index (κ3) is 1.91. The SMILES string of the molecule is Cc1cn2c(n1)C(C1C=C(C=O)SC1C)OCC2. The summed E-state index contributed by atoms with van der Waals surface area (Å²) < 4.78 is 8.08. The van der Waals surface area contributed by atoms with Gasteiger partial charge in [-0.05, 0) is 6.92 Å². The maximum Gasteiger partial charge on any atom is 0.156 e. The van der Waals surface area contributed by atoms with E-state index in [1.54, 1.807) is 11.8 Å². The molecule has 0 N–H and O–H groups in total. The number of ether oxygens (including phenoxy) is 1. The van der Waals surface area contributed by atoms with Gasteiger partial charge in [0.1, 0.15) is 11.9 Å². The highest BCUT2D eigenvalue weighted by Gasteiger charge is 2.37. The number of aryl methyl sites for hydroxylation is 1. The fourth-order valence-electron chi connectivity index (χ4n) is 2.67. The maximum atomic E-state index is 10.9. The Hall–Kier alpha value is -1.07. The molecule has 0 radical (unpaired) electrons. The number of hydrogen-bond donors (Lipinski definition) is 0. The van der Waals surface area contributed by atoms with Gasteiger partial charge < -0.3 is 9.30 Å². The second-order valence-electron chi connectivity index (χ2n) is 4.81. The number of aromatic nitrogens is 2. The van der Waals surface area contributed by atoms with Gasteiger partial charge >= 0.3 is 0 Å². The molecule has 0 saturated carbocycles. The molecule has 1 aromatic heterocycles. The molecule has 18 heavy (non-hydrogen) atoms. The highest BCUT2D eigenvalue weighted by Crippen LogP contribution is 2.43. The number of aldehydes is 1. The minimum atomic E-state index is -0.0209. The van der Waals surface area contributed by atoms with Crippen molar-refractivity contribution in [3.05, 3.63) is 28.7 Å². The van der Waals surface area contributed by atoms with E-state index in [1.807, 2.05) is 13.0 Å². The standard InChI is InChI=1S/C13H16N2O2S/c1-8-6-15-3-4-17-12(13(15)14-8)11-5-10(7-16)18-9(11)2/h5-7,9,11-12H,3-4H2,1-2H3. The maximum absolute atomic E-state index is 10.9. The Kier molecular flexibility index (Phi) is 3.03. The number of imidazole rings is 1. The molecule has 4 nitrogen and oxygen atoms in total. The number of carbonyl (C=O) groups is 1. The first kappa shape index (κ1) is 12.0. The van der Waals surface area contributed by atoms with E-state index in [1.165, 1.54) is 0 Å². The molecular formula is C13H16N2O2S. The molecular weight excluding hydrogens is 248 g/mol. The number of thioether (sulfide) groups is 1. The minimum absolute atomic E-state index is 0.0209. The molecule has 0 fully saturated rings. The average Bonchev–Trinajstić information content (AvgIpc) is 2.90. The number of nitrogens with zero attached hydrogens (tertiary/aromatic N) is 2. The predicted molar refractivity (Wildman–Crippen MR) is 70.3 cm³/mol. The molecule has 5 heteroatoms. The summed E-state index contributed by atoms with van der Waals surface area (Å²) in [5, 5.41) is 0.360. The van der Waals surface area contributed by atoms with Crippen LogP contribution in [-0.2, 0) is 16.1 Å². The van der Waals surface area contributed by atoms with E-state index in [9.17, 15) is 4.79 Å². The summed E-state index contributed by atoms with van der Waals surface area (Å²) in [5.41, 5.74) is 1.03. The fourth-order valence-corrected chi connectivity index (χ4v) is 3.76. The number of rotatable bonds is 2. The molecule has 0 spiro atoms. The normalized spacial score (nSPS) is 31.0. The Morgan fingerprint density at radius 2 is 2.44 bits per heavy atom. The van der Waals surface area contributed by atoms with Gasteiger partial charge in [0.05, 0.1) is 12.3 Å². The van der Waals surface area contributed by atoms with Crippen LogP contribution < -0.4 is 0 Å². The lowest BCUT2D eigenvalue weighted by atomic mass is 9.97. The van der Waals surface area contributed by atoms with Crippen molar-refractivity contribution in [2.75, 3.05) is 6.61 Å². The smallest absolute Gasteiger partial charge is 0.156 e. The van der Waals surface area contributed by atoms with Crippen molar-refractivity contribution < 1.29 is 9.53 Å². The van der Waals surface area contributed by atoms with Crippen molar-refractivity contribution in [3.8, 4) is 0 Å². The lowest BCUT2D eigenvalue weighted by Gasteiger charge is -2.29. The molecule has 2 aliphatic rings. The molecule has 0 saturated heterocycles. The van der Waals surface area contributed by atoms with Gasteiger partial charge in [-0.1, -0.05) is 13.0 Å². The fraction of sp³-hybridized carbons (Fsp3) is 0.538. The van der Waals surface area contributed by atoms with Crippen molar-refractivity contribution in [1.29, 1.82) is 0 Å². The van der Waals surface area contributed by atoms with Gasteiger partial charge in [0, 0.05) is 28.8 Å². The van der Waals surface area contributed by atoms with E-state index >= 15 is 0 Å². The van der Waals surface area contributed by atoms with E-state index in [4.69, 9.17) is 4.74 Å². The molecule has 2 aliphatic heterocycles. The topological polar surface area (TPSA) is 44.1 Å². The Balaban J connectivity index is 1.94. The van der Waals surface area contributed by atoms with Crippen molar-refractivity contribution in [3.63, 3.8) is 0 Å². The Labute approximate surface area is 110 Å². The van der Waals surface area contributed by atoms with Gasteiger partial charge in [-0.25, -0.2) is 4.98 Å². The Bertz CT molecular complexity index is 509. The van der Waals surface area contributed by atoms with Gasteiger partial charge in [-0.2, -0.15) is 0 Å². The van der Waals surface area contributed by atoms with E-state index in [2.05, 4.69) is 22.7 Å². The van der Waals surface area contributed by atoms with E-state index in [0.29, 0.717) is 11.9 Å². The highest BCUT2D eigenvalue weighted by molar-refractivity contribution is 8.04. The molecule has 3 unspecified atom stereocenters. The zero-order valence-corrected chi connectivity index (χ0v) is 11.3. The third-order valence-electron chi connectivity index (χ3n) is 3.50. The van der Waals surface area contributed by atoms with Crippen LogP contribution in [0.25, 0.3) is 0 Å². The lowest BCUT2D eigenvalue weighted by molar-refractivity contribution is -0.104. The molecule has 0 aromatic carbocycles.